The molecular weight excluding hydrogens is 496 g/mol. The predicted octanol–water partition coefficient (Wildman–Crippen LogP) is 7.29. The van der Waals surface area contributed by atoms with Gasteiger partial charge in [-0.25, -0.2) is 4.98 Å². The zero-order chi connectivity index (χ0) is 26.9. The van der Waals surface area contributed by atoms with Crippen LogP contribution < -0.4 is 15.5 Å². The molecule has 7 heteroatoms. The van der Waals surface area contributed by atoms with Crippen LogP contribution in [0.2, 0.25) is 0 Å². The number of nitrogens with zero attached hydrogens (tertiary/aromatic N) is 1. The first-order chi connectivity index (χ1) is 18.2. The summed E-state index contributed by atoms with van der Waals surface area (Å²) in [6, 6.07) is 24.6. The van der Waals surface area contributed by atoms with Gasteiger partial charge in [0.1, 0.15) is 5.58 Å². The number of carbonyl (C=O) groups excluding carboxylic acids is 1. The molecule has 0 aliphatic heterocycles. The van der Waals surface area contributed by atoms with E-state index < -0.39 is 12.0 Å². The third kappa shape index (κ3) is 5.24. The van der Waals surface area contributed by atoms with Gasteiger partial charge in [-0.1, -0.05) is 87.5 Å². The molecule has 0 spiro atoms. The van der Waals surface area contributed by atoms with Crippen LogP contribution in [0.4, 0.5) is 5.13 Å². The average Bonchev–Trinajstić information content (AvgIpc) is 3.38. The second-order valence-electron chi connectivity index (χ2n) is 10.1. The number of para-hydroxylation sites is 1. The van der Waals surface area contributed by atoms with E-state index in [-0.39, 0.29) is 22.4 Å². The van der Waals surface area contributed by atoms with Crippen LogP contribution in [0.1, 0.15) is 33.3 Å². The third-order valence-electron chi connectivity index (χ3n) is 6.24. The molecular formula is C31H28N2O4S. The van der Waals surface area contributed by atoms with Gasteiger partial charge < -0.3 is 9.15 Å². The summed E-state index contributed by atoms with van der Waals surface area (Å²) in [6.45, 7) is 8.01. The number of fused-ring (bicyclic) bond motifs is 1. The smallest absolute Gasteiger partial charge is 0.266 e. The summed E-state index contributed by atoms with van der Waals surface area (Å²) in [5.41, 5.74) is 3.68. The average molecular weight is 525 g/mol. The highest BCUT2D eigenvalue weighted by Crippen LogP contribution is 2.33. The van der Waals surface area contributed by atoms with Crippen molar-refractivity contribution in [1.82, 2.24) is 4.98 Å². The maximum atomic E-state index is 13.5. The zero-order valence-electron chi connectivity index (χ0n) is 21.6. The highest BCUT2D eigenvalue weighted by atomic mass is 32.1. The van der Waals surface area contributed by atoms with Gasteiger partial charge in [0, 0.05) is 16.5 Å². The Morgan fingerprint density at radius 2 is 1.63 bits per heavy atom. The Hall–Kier alpha value is -4.23. The monoisotopic (exact) mass is 524 g/mol. The van der Waals surface area contributed by atoms with E-state index in [0.29, 0.717) is 21.7 Å². The van der Waals surface area contributed by atoms with Gasteiger partial charge in [-0.15, -0.1) is 11.3 Å². The fourth-order valence-corrected chi connectivity index (χ4v) is 4.78. The standard InChI is InChI=1S/C31H28N2O4S/c1-19(29(35)33-30-32-24(18-38-30)20-10-6-5-7-11-20)36-28-26(34)23-12-8-9-13-25(23)37-27(28)21-14-16-22(17-15-21)31(2,3)4/h5-19H,1-4H3,(H,32,33,35). The van der Waals surface area contributed by atoms with Gasteiger partial charge in [-0.05, 0) is 30.0 Å². The molecule has 2 heterocycles. The molecule has 1 atom stereocenters. The fraction of sp³-hybridized carbons (Fsp3) is 0.194. The van der Waals surface area contributed by atoms with Crippen molar-refractivity contribution in [3.63, 3.8) is 0 Å². The summed E-state index contributed by atoms with van der Waals surface area (Å²) in [7, 11) is 0. The van der Waals surface area contributed by atoms with Gasteiger partial charge in [0.15, 0.2) is 17.0 Å². The normalized spacial score (nSPS) is 12.3. The van der Waals surface area contributed by atoms with Crippen LogP contribution in [0.5, 0.6) is 5.75 Å². The first kappa shape index (κ1) is 25.4. The van der Waals surface area contributed by atoms with Gasteiger partial charge in [0.2, 0.25) is 11.2 Å². The van der Waals surface area contributed by atoms with Crippen molar-refractivity contribution in [2.24, 2.45) is 0 Å². The first-order valence-corrected chi connectivity index (χ1v) is 13.2. The molecule has 0 saturated heterocycles. The largest absolute Gasteiger partial charge is 0.473 e. The predicted molar refractivity (Wildman–Crippen MR) is 153 cm³/mol. The van der Waals surface area contributed by atoms with E-state index in [2.05, 4.69) is 31.1 Å². The van der Waals surface area contributed by atoms with Crippen molar-refractivity contribution in [2.45, 2.75) is 39.2 Å². The summed E-state index contributed by atoms with van der Waals surface area (Å²) in [6.07, 6.45) is -0.976. The Kier molecular flexibility index (Phi) is 6.87. The Balaban J connectivity index is 1.44. The van der Waals surface area contributed by atoms with Crippen molar-refractivity contribution in [1.29, 1.82) is 0 Å². The molecule has 5 rings (SSSR count). The molecule has 5 aromatic rings. The van der Waals surface area contributed by atoms with Crippen molar-refractivity contribution < 1.29 is 13.9 Å². The Bertz CT molecular complexity index is 1650. The molecule has 3 aromatic carbocycles. The summed E-state index contributed by atoms with van der Waals surface area (Å²) < 4.78 is 12.2. The Morgan fingerprint density at radius 1 is 0.947 bits per heavy atom. The van der Waals surface area contributed by atoms with Crippen LogP contribution in [0.15, 0.2) is 93.5 Å². The lowest BCUT2D eigenvalue weighted by molar-refractivity contribution is -0.122. The van der Waals surface area contributed by atoms with E-state index in [1.165, 1.54) is 11.3 Å². The Labute approximate surface area is 224 Å². The summed E-state index contributed by atoms with van der Waals surface area (Å²) in [5.74, 6) is -0.131. The number of carbonyl (C=O) groups is 1. The zero-order valence-corrected chi connectivity index (χ0v) is 22.5. The molecule has 38 heavy (non-hydrogen) atoms. The summed E-state index contributed by atoms with van der Waals surface area (Å²) in [5, 5.41) is 5.52. The van der Waals surface area contributed by atoms with E-state index in [0.717, 1.165) is 16.8 Å². The molecule has 1 amide bonds. The minimum absolute atomic E-state index is 0.000952. The van der Waals surface area contributed by atoms with Crippen LogP contribution in [-0.2, 0) is 10.2 Å². The number of hydrogen-bond acceptors (Lipinski definition) is 6. The van der Waals surface area contributed by atoms with Gasteiger partial charge in [-0.3, -0.25) is 14.9 Å². The van der Waals surface area contributed by atoms with E-state index in [4.69, 9.17) is 9.15 Å². The number of benzene rings is 3. The second kappa shape index (κ2) is 10.3. The van der Waals surface area contributed by atoms with Crippen molar-refractivity contribution >= 4 is 33.3 Å². The molecule has 2 aromatic heterocycles. The maximum absolute atomic E-state index is 13.5. The lowest BCUT2D eigenvalue weighted by Gasteiger charge is -2.20. The number of nitrogens with one attached hydrogen (secondary N) is 1. The van der Waals surface area contributed by atoms with E-state index >= 15 is 0 Å². The van der Waals surface area contributed by atoms with Crippen molar-refractivity contribution in [2.75, 3.05) is 5.32 Å². The molecule has 0 radical (unpaired) electrons. The molecule has 6 nitrogen and oxygen atoms in total. The molecule has 0 aliphatic rings. The van der Waals surface area contributed by atoms with Crippen LogP contribution in [0, 0.1) is 0 Å². The summed E-state index contributed by atoms with van der Waals surface area (Å²) >= 11 is 1.33. The van der Waals surface area contributed by atoms with Gasteiger partial charge in [0.25, 0.3) is 5.91 Å². The van der Waals surface area contributed by atoms with Crippen LogP contribution in [-0.4, -0.2) is 17.0 Å². The molecule has 0 saturated carbocycles. The minimum atomic E-state index is -0.976. The van der Waals surface area contributed by atoms with Gasteiger partial charge in [0.05, 0.1) is 11.1 Å². The number of amides is 1. The van der Waals surface area contributed by atoms with E-state index in [1.54, 1.807) is 25.1 Å². The molecule has 0 aliphatic carbocycles. The molecule has 1 unspecified atom stereocenters. The van der Waals surface area contributed by atoms with E-state index in [1.807, 2.05) is 66.0 Å². The second-order valence-corrected chi connectivity index (χ2v) is 10.9. The van der Waals surface area contributed by atoms with Gasteiger partial charge in [-0.2, -0.15) is 0 Å². The summed E-state index contributed by atoms with van der Waals surface area (Å²) in [4.78, 5) is 31.0. The lowest BCUT2D eigenvalue weighted by Crippen LogP contribution is -2.31. The number of ether oxygens (including phenoxy) is 1. The molecule has 192 valence electrons. The van der Waals surface area contributed by atoms with Gasteiger partial charge >= 0.3 is 0 Å². The third-order valence-corrected chi connectivity index (χ3v) is 6.99. The highest BCUT2D eigenvalue weighted by Gasteiger charge is 2.24. The van der Waals surface area contributed by atoms with Crippen LogP contribution in [0.25, 0.3) is 33.6 Å². The quantitative estimate of drug-likeness (QED) is 0.252. The number of thiazole rings is 1. The number of hydrogen-bond donors (Lipinski definition) is 1. The molecule has 1 N–H and O–H groups in total. The Morgan fingerprint density at radius 3 is 2.34 bits per heavy atom. The number of aromatic nitrogens is 1. The van der Waals surface area contributed by atoms with Crippen LogP contribution in [0.3, 0.4) is 0 Å². The number of anilines is 1. The minimum Gasteiger partial charge on any atom is -0.473 e. The number of rotatable bonds is 6. The first-order valence-electron chi connectivity index (χ1n) is 12.4. The highest BCUT2D eigenvalue weighted by molar-refractivity contribution is 7.14. The lowest BCUT2D eigenvalue weighted by atomic mass is 9.86. The molecule has 0 bridgehead atoms. The molecule has 0 fully saturated rings. The fourth-order valence-electron chi connectivity index (χ4n) is 4.05. The van der Waals surface area contributed by atoms with Crippen molar-refractivity contribution in [3.8, 4) is 28.3 Å². The van der Waals surface area contributed by atoms with Crippen molar-refractivity contribution in [3.05, 3.63) is 100 Å². The maximum Gasteiger partial charge on any atom is 0.266 e. The van der Waals surface area contributed by atoms with E-state index in [9.17, 15) is 9.59 Å². The SMILES string of the molecule is CC(Oc1c(-c2ccc(C(C)(C)C)cc2)oc2ccccc2c1=O)C(=O)Nc1nc(-c2ccccc2)cs1. The topological polar surface area (TPSA) is 81.4 Å². The van der Waals surface area contributed by atoms with Crippen LogP contribution >= 0.6 is 11.3 Å².